The van der Waals surface area contributed by atoms with Gasteiger partial charge in [0.2, 0.25) is 0 Å². The van der Waals surface area contributed by atoms with Crippen molar-refractivity contribution in [3.8, 4) is 22.6 Å². The number of rotatable bonds is 5. The Balaban J connectivity index is 2.18. The van der Waals surface area contributed by atoms with Crippen LogP contribution in [0.5, 0.6) is 11.5 Å². The smallest absolute Gasteiger partial charge is 0.338 e. The predicted molar refractivity (Wildman–Crippen MR) is 97.2 cm³/mol. The molecule has 0 spiro atoms. The van der Waals surface area contributed by atoms with Gasteiger partial charge in [0.05, 0.1) is 0 Å². The van der Waals surface area contributed by atoms with Crippen LogP contribution < -0.4 is 15.2 Å². The number of anilines is 1. The Labute approximate surface area is 146 Å². The molecule has 2 aromatic rings. The molecule has 5 heteroatoms. The van der Waals surface area contributed by atoms with Crippen molar-refractivity contribution in [2.45, 2.75) is 13.8 Å². The standard InChI is InChI=1S/C20H19NO4/c1-12(2)19(22)24-15-7-5-14(6-8-15)17-10-9-16(11-18(17)21)25-20(23)13(3)4/h5-11H,1,3,21H2,2,4H3. The molecule has 0 amide bonds. The number of nitrogen functional groups attached to an aromatic ring is 1. The lowest BCUT2D eigenvalue weighted by Crippen LogP contribution is -2.08. The van der Waals surface area contributed by atoms with Crippen LogP contribution in [-0.4, -0.2) is 11.9 Å². The van der Waals surface area contributed by atoms with Gasteiger partial charge in [-0.05, 0) is 43.7 Å². The van der Waals surface area contributed by atoms with Crippen LogP contribution in [0.1, 0.15) is 13.8 Å². The fraction of sp³-hybridized carbons (Fsp3) is 0.100. The van der Waals surface area contributed by atoms with E-state index in [0.717, 1.165) is 11.1 Å². The van der Waals surface area contributed by atoms with E-state index < -0.39 is 11.9 Å². The van der Waals surface area contributed by atoms with Crippen LogP contribution in [0.25, 0.3) is 11.1 Å². The zero-order valence-electron chi connectivity index (χ0n) is 14.2. The molecule has 0 aliphatic rings. The Morgan fingerprint density at radius 1 is 0.840 bits per heavy atom. The third-order valence-electron chi connectivity index (χ3n) is 3.31. The number of carbonyl (C=O) groups excluding carboxylic acids is 2. The number of hydrogen-bond acceptors (Lipinski definition) is 5. The van der Waals surface area contributed by atoms with Gasteiger partial charge in [-0.25, -0.2) is 9.59 Å². The highest BCUT2D eigenvalue weighted by Crippen LogP contribution is 2.30. The van der Waals surface area contributed by atoms with E-state index in [9.17, 15) is 9.59 Å². The van der Waals surface area contributed by atoms with Gasteiger partial charge < -0.3 is 15.2 Å². The molecular formula is C20H19NO4. The highest BCUT2D eigenvalue weighted by Gasteiger charge is 2.10. The van der Waals surface area contributed by atoms with Crippen molar-refractivity contribution < 1.29 is 19.1 Å². The van der Waals surface area contributed by atoms with E-state index in [1.165, 1.54) is 0 Å². The minimum atomic E-state index is -0.504. The molecule has 0 saturated heterocycles. The zero-order valence-corrected chi connectivity index (χ0v) is 14.2. The van der Waals surface area contributed by atoms with E-state index in [2.05, 4.69) is 13.2 Å². The molecule has 0 unspecified atom stereocenters. The third-order valence-corrected chi connectivity index (χ3v) is 3.31. The van der Waals surface area contributed by atoms with Crippen LogP contribution in [0.4, 0.5) is 5.69 Å². The summed E-state index contributed by atoms with van der Waals surface area (Å²) in [6.45, 7) is 10.2. The molecule has 5 nitrogen and oxygen atoms in total. The third kappa shape index (κ3) is 4.57. The fourth-order valence-corrected chi connectivity index (χ4v) is 1.96. The molecule has 25 heavy (non-hydrogen) atoms. The van der Waals surface area contributed by atoms with Gasteiger partial charge >= 0.3 is 11.9 Å². The van der Waals surface area contributed by atoms with Crippen LogP contribution in [0, 0.1) is 0 Å². The van der Waals surface area contributed by atoms with Crippen molar-refractivity contribution in [3.63, 3.8) is 0 Å². The monoisotopic (exact) mass is 337 g/mol. The van der Waals surface area contributed by atoms with E-state index in [1.807, 2.05) is 0 Å². The fourth-order valence-electron chi connectivity index (χ4n) is 1.96. The van der Waals surface area contributed by atoms with Crippen LogP contribution in [0.3, 0.4) is 0 Å². The number of esters is 2. The Bertz CT molecular complexity index is 850. The van der Waals surface area contributed by atoms with E-state index in [4.69, 9.17) is 15.2 Å². The van der Waals surface area contributed by atoms with Crippen molar-refractivity contribution >= 4 is 17.6 Å². The normalized spacial score (nSPS) is 10.0. The first kappa shape index (κ1) is 18.0. The van der Waals surface area contributed by atoms with Crippen molar-refractivity contribution in [3.05, 3.63) is 66.8 Å². The van der Waals surface area contributed by atoms with Gasteiger partial charge in [-0.1, -0.05) is 25.3 Å². The summed E-state index contributed by atoms with van der Waals surface area (Å²) < 4.78 is 10.3. The minimum absolute atomic E-state index is 0.308. The number of hydrogen-bond donors (Lipinski definition) is 1. The van der Waals surface area contributed by atoms with Crippen LogP contribution >= 0.6 is 0 Å². The van der Waals surface area contributed by atoms with Crippen molar-refractivity contribution in [2.75, 3.05) is 5.73 Å². The second kappa shape index (κ2) is 7.49. The maximum absolute atomic E-state index is 11.5. The van der Waals surface area contributed by atoms with Gasteiger partial charge in [0, 0.05) is 28.5 Å². The molecule has 0 bridgehead atoms. The van der Waals surface area contributed by atoms with Crippen molar-refractivity contribution in [2.24, 2.45) is 0 Å². The van der Waals surface area contributed by atoms with Gasteiger partial charge in [0.25, 0.3) is 0 Å². The summed E-state index contributed by atoms with van der Waals surface area (Å²) >= 11 is 0. The molecule has 128 valence electrons. The Hall–Kier alpha value is -3.34. The van der Waals surface area contributed by atoms with Crippen molar-refractivity contribution in [1.82, 2.24) is 0 Å². The maximum atomic E-state index is 11.5. The first-order valence-electron chi connectivity index (χ1n) is 7.53. The molecule has 0 radical (unpaired) electrons. The summed E-state index contributed by atoms with van der Waals surface area (Å²) in [6, 6.07) is 11.9. The summed E-state index contributed by atoms with van der Waals surface area (Å²) in [5, 5.41) is 0. The Morgan fingerprint density at radius 2 is 1.32 bits per heavy atom. The molecule has 0 aliphatic heterocycles. The highest BCUT2D eigenvalue weighted by atomic mass is 16.5. The van der Waals surface area contributed by atoms with E-state index in [1.54, 1.807) is 56.3 Å². The molecule has 0 atom stereocenters. The largest absolute Gasteiger partial charge is 0.423 e. The Morgan fingerprint density at radius 3 is 1.80 bits per heavy atom. The molecule has 0 aromatic heterocycles. The maximum Gasteiger partial charge on any atom is 0.338 e. The lowest BCUT2D eigenvalue weighted by molar-refractivity contribution is -0.130. The summed E-state index contributed by atoms with van der Waals surface area (Å²) in [5.41, 5.74) is 8.75. The molecule has 2 rings (SSSR count). The first-order chi connectivity index (χ1) is 11.8. The van der Waals surface area contributed by atoms with Gasteiger partial charge in [0.1, 0.15) is 11.5 Å². The Kier molecular flexibility index (Phi) is 5.39. The number of nitrogens with two attached hydrogens (primary N) is 1. The van der Waals surface area contributed by atoms with Gasteiger partial charge in [-0.3, -0.25) is 0 Å². The topological polar surface area (TPSA) is 78.6 Å². The van der Waals surface area contributed by atoms with Crippen LogP contribution in [0.2, 0.25) is 0 Å². The molecule has 0 fully saturated rings. The van der Waals surface area contributed by atoms with Crippen LogP contribution in [-0.2, 0) is 9.59 Å². The highest BCUT2D eigenvalue weighted by molar-refractivity contribution is 5.90. The molecule has 0 aliphatic carbocycles. The molecular weight excluding hydrogens is 318 g/mol. The van der Waals surface area contributed by atoms with Gasteiger partial charge in [-0.15, -0.1) is 0 Å². The lowest BCUT2D eigenvalue weighted by atomic mass is 10.0. The second-order valence-electron chi connectivity index (χ2n) is 5.61. The first-order valence-corrected chi connectivity index (χ1v) is 7.53. The number of carbonyl (C=O) groups is 2. The SMILES string of the molecule is C=C(C)C(=O)Oc1ccc(-c2ccc(OC(=O)C(=C)C)cc2N)cc1. The predicted octanol–water partition coefficient (Wildman–Crippen LogP) is 3.90. The summed E-state index contributed by atoms with van der Waals surface area (Å²) in [6.07, 6.45) is 0. The average molecular weight is 337 g/mol. The molecule has 2 N–H and O–H groups in total. The number of benzene rings is 2. The van der Waals surface area contributed by atoms with E-state index >= 15 is 0 Å². The molecule has 2 aromatic carbocycles. The van der Waals surface area contributed by atoms with Crippen molar-refractivity contribution in [1.29, 1.82) is 0 Å². The molecule has 0 heterocycles. The van der Waals surface area contributed by atoms with Gasteiger partial charge in [0.15, 0.2) is 0 Å². The molecule has 0 saturated carbocycles. The van der Waals surface area contributed by atoms with E-state index in [0.29, 0.717) is 28.3 Å². The average Bonchev–Trinajstić information content (AvgIpc) is 2.55. The quantitative estimate of drug-likeness (QED) is 0.387. The number of ether oxygens (including phenoxy) is 2. The summed E-state index contributed by atoms with van der Waals surface area (Å²) in [4.78, 5) is 23.0. The summed E-state index contributed by atoms with van der Waals surface area (Å²) in [7, 11) is 0. The second-order valence-corrected chi connectivity index (χ2v) is 5.61. The lowest BCUT2D eigenvalue weighted by Gasteiger charge is -2.10. The minimum Gasteiger partial charge on any atom is -0.423 e. The van der Waals surface area contributed by atoms with E-state index in [-0.39, 0.29) is 0 Å². The zero-order chi connectivity index (χ0) is 18.6. The van der Waals surface area contributed by atoms with Gasteiger partial charge in [-0.2, -0.15) is 0 Å². The summed E-state index contributed by atoms with van der Waals surface area (Å²) in [5.74, 6) is -0.213. The van der Waals surface area contributed by atoms with Crippen LogP contribution in [0.15, 0.2) is 66.8 Å².